The zero-order valence-corrected chi connectivity index (χ0v) is 9.37. The standard InChI is InChI=1S/C13H15NO3/c15-8-11(9-4-2-1-3-5-9)12-6-10(7-14-12)13(16)17/h1-5,8,10-12,14H,6-7H2,(H,16,17). The third-order valence-electron chi connectivity index (χ3n) is 3.28. The van der Waals surface area contributed by atoms with Gasteiger partial charge >= 0.3 is 5.97 Å². The van der Waals surface area contributed by atoms with Crippen molar-refractivity contribution in [3.8, 4) is 0 Å². The minimum absolute atomic E-state index is 0.0731. The van der Waals surface area contributed by atoms with Gasteiger partial charge in [-0.1, -0.05) is 30.3 Å². The number of carbonyl (C=O) groups is 2. The van der Waals surface area contributed by atoms with Crippen LogP contribution in [0.4, 0.5) is 0 Å². The summed E-state index contributed by atoms with van der Waals surface area (Å²) in [5, 5.41) is 12.1. The number of carboxylic acids is 1. The van der Waals surface area contributed by atoms with Crippen molar-refractivity contribution in [2.75, 3.05) is 6.54 Å². The smallest absolute Gasteiger partial charge is 0.307 e. The van der Waals surface area contributed by atoms with Crippen LogP contribution in [0.25, 0.3) is 0 Å². The van der Waals surface area contributed by atoms with E-state index in [1.807, 2.05) is 30.3 Å². The Labute approximate surface area is 99.6 Å². The molecule has 0 aliphatic carbocycles. The maximum absolute atomic E-state index is 11.2. The molecule has 0 spiro atoms. The summed E-state index contributed by atoms with van der Waals surface area (Å²) in [6.07, 6.45) is 1.41. The first kappa shape index (κ1) is 11.8. The summed E-state index contributed by atoms with van der Waals surface area (Å²) in [6, 6.07) is 9.39. The number of aliphatic carboxylic acids is 1. The highest BCUT2D eigenvalue weighted by atomic mass is 16.4. The number of nitrogens with one attached hydrogen (secondary N) is 1. The Morgan fingerprint density at radius 2 is 2.12 bits per heavy atom. The molecule has 0 radical (unpaired) electrons. The van der Waals surface area contributed by atoms with Gasteiger partial charge < -0.3 is 15.2 Å². The average Bonchev–Trinajstić information content (AvgIpc) is 2.81. The fraction of sp³-hybridized carbons (Fsp3) is 0.385. The topological polar surface area (TPSA) is 66.4 Å². The van der Waals surface area contributed by atoms with Crippen LogP contribution in [0.15, 0.2) is 30.3 Å². The Bertz CT molecular complexity index is 404. The van der Waals surface area contributed by atoms with E-state index in [0.29, 0.717) is 13.0 Å². The van der Waals surface area contributed by atoms with E-state index < -0.39 is 5.97 Å². The van der Waals surface area contributed by atoms with Crippen molar-refractivity contribution in [1.82, 2.24) is 5.32 Å². The van der Waals surface area contributed by atoms with Gasteiger partial charge in [-0.3, -0.25) is 4.79 Å². The first-order valence-electron chi connectivity index (χ1n) is 5.69. The quantitative estimate of drug-likeness (QED) is 0.762. The molecule has 90 valence electrons. The number of carboxylic acid groups (broad SMARTS) is 1. The Balaban J connectivity index is 2.11. The minimum Gasteiger partial charge on any atom is -0.481 e. The van der Waals surface area contributed by atoms with Crippen LogP contribution in [-0.4, -0.2) is 29.9 Å². The van der Waals surface area contributed by atoms with Crippen LogP contribution in [0.5, 0.6) is 0 Å². The normalized spacial score (nSPS) is 25.4. The van der Waals surface area contributed by atoms with Gasteiger partial charge in [-0.25, -0.2) is 0 Å². The molecule has 0 amide bonds. The third kappa shape index (κ3) is 2.53. The largest absolute Gasteiger partial charge is 0.481 e. The maximum atomic E-state index is 11.2. The monoisotopic (exact) mass is 233 g/mol. The Hall–Kier alpha value is -1.68. The molecule has 1 aliphatic rings. The lowest BCUT2D eigenvalue weighted by Crippen LogP contribution is -2.29. The van der Waals surface area contributed by atoms with Crippen LogP contribution in [0.1, 0.15) is 17.9 Å². The van der Waals surface area contributed by atoms with E-state index in [9.17, 15) is 9.59 Å². The zero-order chi connectivity index (χ0) is 12.3. The number of benzene rings is 1. The number of hydrogen-bond acceptors (Lipinski definition) is 3. The molecule has 1 heterocycles. The second-order valence-electron chi connectivity index (χ2n) is 4.36. The van der Waals surface area contributed by atoms with E-state index in [0.717, 1.165) is 11.8 Å². The fourth-order valence-corrected chi connectivity index (χ4v) is 2.31. The fourth-order valence-electron chi connectivity index (χ4n) is 2.31. The van der Waals surface area contributed by atoms with Crippen LogP contribution < -0.4 is 5.32 Å². The summed E-state index contributed by atoms with van der Waals surface area (Å²) in [7, 11) is 0. The summed E-state index contributed by atoms with van der Waals surface area (Å²) < 4.78 is 0. The van der Waals surface area contributed by atoms with Crippen molar-refractivity contribution in [1.29, 1.82) is 0 Å². The van der Waals surface area contributed by atoms with Gasteiger partial charge in [-0.15, -0.1) is 0 Å². The van der Waals surface area contributed by atoms with Crippen LogP contribution in [0.2, 0.25) is 0 Å². The lowest BCUT2D eigenvalue weighted by Gasteiger charge is -2.18. The summed E-state index contributed by atoms with van der Waals surface area (Å²) in [4.78, 5) is 22.0. The molecule has 3 unspecified atom stereocenters. The Kier molecular flexibility index (Phi) is 3.54. The van der Waals surface area contributed by atoms with Crippen molar-refractivity contribution in [3.63, 3.8) is 0 Å². The molecule has 4 nitrogen and oxygen atoms in total. The van der Waals surface area contributed by atoms with Crippen molar-refractivity contribution in [2.45, 2.75) is 18.4 Å². The number of hydrogen-bond donors (Lipinski definition) is 2. The summed E-state index contributed by atoms with van der Waals surface area (Å²) in [6.45, 7) is 0.442. The number of rotatable bonds is 4. The molecule has 1 aliphatic heterocycles. The highest BCUT2D eigenvalue weighted by Gasteiger charge is 2.34. The van der Waals surface area contributed by atoms with Gasteiger partial charge in [-0.2, -0.15) is 0 Å². The highest BCUT2D eigenvalue weighted by molar-refractivity contribution is 5.71. The molecule has 1 saturated heterocycles. The molecule has 1 aromatic rings. The summed E-state index contributed by atoms with van der Waals surface area (Å²) in [5.74, 6) is -1.44. The van der Waals surface area contributed by atoms with E-state index in [-0.39, 0.29) is 17.9 Å². The number of carbonyl (C=O) groups excluding carboxylic acids is 1. The lowest BCUT2D eigenvalue weighted by atomic mass is 9.90. The molecule has 1 aromatic carbocycles. The first-order valence-corrected chi connectivity index (χ1v) is 5.69. The van der Waals surface area contributed by atoms with Gasteiger partial charge in [0.05, 0.1) is 11.8 Å². The van der Waals surface area contributed by atoms with Gasteiger partial charge in [0, 0.05) is 12.6 Å². The second kappa shape index (κ2) is 5.10. The van der Waals surface area contributed by atoms with Crippen molar-refractivity contribution in [3.05, 3.63) is 35.9 Å². The maximum Gasteiger partial charge on any atom is 0.307 e. The van der Waals surface area contributed by atoms with Crippen LogP contribution in [0, 0.1) is 5.92 Å². The van der Waals surface area contributed by atoms with Crippen LogP contribution in [-0.2, 0) is 9.59 Å². The Morgan fingerprint density at radius 3 is 2.65 bits per heavy atom. The van der Waals surface area contributed by atoms with Gasteiger partial charge in [0.1, 0.15) is 6.29 Å². The van der Waals surface area contributed by atoms with Crippen molar-refractivity contribution < 1.29 is 14.7 Å². The molecule has 0 bridgehead atoms. The van der Waals surface area contributed by atoms with E-state index in [2.05, 4.69) is 5.32 Å². The van der Waals surface area contributed by atoms with Gasteiger partial charge in [0.2, 0.25) is 0 Å². The summed E-state index contributed by atoms with van der Waals surface area (Å²) in [5.41, 5.74) is 0.936. The van der Waals surface area contributed by atoms with Crippen molar-refractivity contribution in [2.24, 2.45) is 5.92 Å². The molecule has 4 heteroatoms. The molecule has 17 heavy (non-hydrogen) atoms. The predicted octanol–water partition coefficient (Wildman–Crippen LogP) is 1.03. The first-order chi connectivity index (χ1) is 8.22. The molecule has 2 rings (SSSR count). The van der Waals surface area contributed by atoms with Crippen LogP contribution >= 0.6 is 0 Å². The minimum atomic E-state index is -0.794. The van der Waals surface area contributed by atoms with Gasteiger partial charge in [-0.05, 0) is 12.0 Å². The Morgan fingerprint density at radius 1 is 1.41 bits per heavy atom. The second-order valence-corrected chi connectivity index (χ2v) is 4.36. The van der Waals surface area contributed by atoms with Gasteiger partial charge in [0.15, 0.2) is 0 Å². The van der Waals surface area contributed by atoms with Crippen LogP contribution in [0.3, 0.4) is 0 Å². The molecular weight excluding hydrogens is 218 g/mol. The van der Waals surface area contributed by atoms with E-state index >= 15 is 0 Å². The number of aldehydes is 1. The predicted molar refractivity (Wildman–Crippen MR) is 62.8 cm³/mol. The lowest BCUT2D eigenvalue weighted by molar-refractivity contribution is -0.141. The summed E-state index contributed by atoms with van der Waals surface area (Å²) >= 11 is 0. The molecule has 3 atom stereocenters. The van der Waals surface area contributed by atoms with Gasteiger partial charge in [0.25, 0.3) is 0 Å². The SMILES string of the molecule is O=CC(c1ccccc1)C1CC(C(=O)O)CN1. The third-order valence-corrected chi connectivity index (χ3v) is 3.28. The van der Waals surface area contributed by atoms with E-state index in [4.69, 9.17) is 5.11 Å². The average molecular weight is 233 g/mol. The van der Waals surface area contributed by atoms with E-state index in [1.54, 1.807) is 0 Å². The molecule has 0 saturated carbocycles. The zero-order valence-electron chi connectivity index (χ0n) is 9.37. The molecular formula is C13H15NO3. The van der Waals surface area contributed by atoms with Crippen molar-refractivity contribution >= 4 is 12.3 Å². The highest BCUT2D eigenvalue weighted by Crippen LogP contribution is 2.26. The molecule has 1 fully saturated rings. The molecule has 2 N–H and O–H groups in total. The van der Waals surface area contributed by atoms with E-state index in [1.165, 1.54) is 0 Å². The molecule has 0 aromatic heterocycles.